The molecule has 0 N–H and O–H groups in total. The van der Waals surface area contributed by atoms with E-state index < -0.39 is 9.84 Å². The first-order chi connectivity index (χ1) is 15.9. The smallest absolute Gasteiger partial charge is 0.223 e. The lowest BCUT2D eigenvalue weighted by Crippen LogP contribution is -2.39. The lowest BCUT2D eigenvalue weighted by atomic mass is 9.95. The van der Waals surface area contributed by atoms with E-state index in [2.05, 4.69) is 4.57 Å². The number of halogens is 2. The molecule has 2 aliphatic heterocycles. The molecule has 9 heteroatoms. The number of imidazole rings is 1. The van der Waals surface area contributed by atoms with Crippen LogP contribution in [0.15, 0.2) is 47.5 Å². The summed E-state index contributed by atoms with van der Waals surface area (Å²) in [5.74, 6) is 1.26. The fraction of sp³-hybridized carbons (Fsp3) is 0.440. The molecule has 2 aliphatic rings. The van der Waals surface area contributed by atoms with Gasteiger partial charge in [0.1, 0.15) is 5.82 Å². The van der Waals surface area contributed by atoms with E-state index in [1.165, 1.54) is 18.5 Å². The molecule has 0 saturated carbocycles. The van der Waals surface area contributed by atoms with Gasteiger partial charge in [0.2, 0.25) is 5.91 Å². The summed E-state index contributed by atoms with van der Waals surface area (Å²) in [5.41, 5.74) is 1.33. The van der Waals surface area contributed by atoms with Crippen LogP contribution in [0.5, 0.6) is 0 Å². The van der Waals surface area contributed by atoms with Crippen molar-refractivity contribution in [3.8, 4) is 0 Å². The van der Waals surface area contributed by atoms with Crippen LogP contribution in [-0.4, -0.2) is 47.6 Å². The Morgan fingerprint density at radius 2 is 1.76 bits per heavy atom. The van der Waals surface area contributed by atoms with E-state index in [1.54, 1.807) is 30.3 Å². The number of fused-ring (bicyclic) bond motifs is 2. The third kappa shape index (κ3) is 5.11. The molecule has 0 bridgehead atoms. The fourth-order valence-corrected chi connectivity index (χ4v) is 6.50. The number of amides is 1. The van der Waals surface area contributed by atoms with Crippen molar-refractivity contribution < 1.29 is 13.2 Å². The molecule has 34 heavy (non-hydrogen) atoms. The number of benzene rings is 2. The Kier molecular flexibility index (Phi) is 7.55. The molecule has 3 heterocycles. The zero-order valence-electron chi connectivity index (χ0n) is 19.0. The van der Waals surface area contributed by atoms with Crippen LogP contribution in [-0.2, 0) is 27.6 Å². The molecular weight excluding hydrogens is 493 g/mol. The highest BCUT2D eigenvalue weighted by Gasteiger charge is 2.28. The number of sulfone groups is 1. The summed E-state index contributed by atoms with van der Waals surface area (Å²) in [6, 6.07) is 10.4. The molecule has 3 aromatic rings. The first kappa shape index (κ1) is 25.0. The van der Waals surface area contributed by atoms with Crippen LogP contribution < -0.4 is 0 Å². The van der Waals surface area contributed by atoms with Gasteiger partial charge in [-0.25, -0.2) is 13.4 Å². The summed E-state index contributed by atoms with van der Waals surface area (Å²) < 4.78 is 28.1. The summed E-state index contributed by atoms with van der Waals surface area (Å²) in [5, 5.41) is 2.31. The van der Waals surface area contributed by atoms with Crippen LogP contribution in [0.3, 0.4) is 0 Å². The predicted octanol–water partition coefficient (Wildman–Crippen LogP) is 5.02. The average Bonchev–Trinajstić information content (AvgIpc) is 3.26. The Hall–Kier alpha value is -2.09. The van der Waals surface area contributed by atoms with Gasteiger partial charge in [0.25, 0.3) is 0 Å². The molecule has 0 aliphatic carbocycles. The first-order valence-corrected chi connectivity index (χ1v) is 13.7. The minimum atomic E-state index is -3.55. The maximum absolute atomic E-state index is 12.9. The predicted molar refractivity (Wildman–Crippen MR) is 137 cm³/mol. The minimum absolute atomic E-state index is 0. The maximum atomic E-state index is 12.9. The van der Waals surface area contributed by atoms with Crippen LogP contribution in [0.25, 0.3) is 10.8 Å². The highest BCUT2D eigenvalue weighted by molar-refractivity contribution is 7.91. The number of rotatable bonds is 5. The molecule has 6 nitrogen and oxygen atoms in total. The van der Waals surface area contributed by atoms with Gasteiger partial charge in [0.15, 0.2) is 9.84 Å². The van der Waals surface area contributed by atoms with Crippen molar-refractivity contribution >= 4 is 50.5 Å². The van der Waals surface area contributed by atoms with Gasteiger partial charge in [-0.3, -0.25) is 4.79 Å². The number of hydrogen-bond donors (Lipinski definition) is 0. The van der Waals surface area contributed by atoms with Crippen molar-refractivity contribution in [2.45, 2.75) is 55.9 Å². The quantitative estimate of drug-likeness (QED) is 0.472. The van der Waals surface area contributed by atoms with Crippen molar-refractivity contribution in [2.75, 3.05) is 18.8 Å². The van der Waals surface area contributed by atoms with Crippen LogP contribution in [0.2, 0.25) is 5.02 Å². The number of carbonyl (C=O) groups excluding carboxylic acids is 1. The summed E-state index contributed by atoms with van der Waals surface area (Å²) in [7, 11) is -3.55. The Labute approximate surface area is 211 Å². The molecule has 1 aromatic heterocycles. The second-order valence-corrected chi connectivity index (χ2v) is 11.6. The SMILES string of the molecule is Cl.O=C(CCS(=O)(=O)c1ccc2cc(Cl)ccc2c1)N1CCC(c2ncc3n2CCCC3)CC1. The summed E-state index contributed by atoms with van der Waals surface area (Å²) in [6.07, 6.45) is 7.30. The highest BCUT2D eigenvalue weighted by atomic mass is 35.5. The fourth-order valence-electron chi connectivity index (χ4n) is 5.06. The number of likely N-dealkylation sites (tertiary alicyclic amines) is 1. The highest BCUT2D eigenvalue weighted by Crippen LogP contribution is 2.30. The van der Waals surface area contributed by atoms with Crippen molar-refractivity contribution in [1.82, 2.24) is 14.5 Å². The molecule has 0 radical (unpaired) electrons. The molecule has 0 unspecified atom stereocenters. The van der Waals surface area contributed by atoms with E-state index in [9.17, 15) is 13.2 Å². The van der Waals surface area contributed by atoms with E-state index in [1.807, 2.05) is 17.2 Å². The van der Waals surface area contributed by atoms with Gasteiger partial charge in [-0.1, -0.05) is 23.7 Å². The van der Waals surface area contributed by atoms with E-state index in [4.69, 9.17) is 16.6 Å². The Balaban J connectivity index is 0.00000274. The second kappa shape index (κ2) is 10.3. The first-order valence-electron chi connectivity index (χ1n) is 11.6. The van der Waals surface area contributed by atoms with Crippen molar-refractivity contribution in [3.63, 3.8) is 0 Å². The normalized spacial score (nSPS) is 16.8. The maximum Gasteiger partial charge on any atom is 0.223 e. The minimum Gasteiger partial charge on any atom is -0.343 e. The molecule has 0 spiro atoms. The molecule has 5 rings (SSSR count). The van der Waals surface area contributed by atoms with E-state index >= 15 is 0 Å². The van der Waals surface area contributed by atoms with Gasteiger partial charge in [-0.15, -0.1) is 12.4 Å². The van der Waals surface area contributed by atoms with Gasteiger partial charge < -0.3 is 9.47 Å². The monoisotopic (exact) mass is 521 g/mol. The standard InChI is InChI=1S/C25H28ClN3O3S.ClH/c26-21-6-4-20-16-23(7-5-19(20)15-21)33(31,32)14-10-24(30)28-12-8-18(9-13-28)25-27-17-22-3-1-2-11-29(22)25;/h4-7,15-18H,1-3,8-14H2;1H. The van der Waals surface area contributed by atoms with Crippen LogP contribution in [0.4, 0.5) is 0 Å². The van der Waals surface area contributed by atoms with Crippen LogP contribution in [0, 0.1) is 0 Å². The molecular formula is C25H29Cl2N3O3S. The van der Waals surface area contributed by atoms with Gasteiger partial charge in [0, 0.05) is 48.9 Å². The molecule has 1 saturated heterocycles. The van der Waals surface area contributed by atoms with Gasteiger partial charge in [-0.2, -0.15) is 0 Å². The second-order valence-electron chi connectivity index (χ2n) is 9.09. The van der Waals surface area contributed by atoms with Gasteiger partial charge in [-0.05, 0) is 67.1 Å². The van der Waals surface area contributed by atoms with E-state index in [-0.39, 0.29) is 35.4 Å². The number of aromatic nitrogens is 2. The third-order valence-electron chi connectivity index (χ3n) is 6.96. The van der Waals surface area contributed by atoms with Crippen LogP contribution in [0.1, 0.15) is 49.5 Å². The lowest BCUT2D eigenvalue weighted by Gasteiger charge is -2.32. The largest absolute Gasteiger partial charge is 0.343 e. The summed E-state index contributed by atoms with van der Waals surface area (Å²) in [4.78, 5) is 19.5. The Morgan fingerprint density at radius 1 is 1.03 bits per heavy atom. The van der Waals surface area contributed by atoms with E-state index in [0.717, 1.165) is 42.4 Å². The molecule has 0 atom stereocenters. The number of aryl methyl sites for hydroxylation is 1. The molecule has 1 amide bonds. The molecule has 182 valence electrons. The molecule has 1 fully saturated rings. The third-order valence-corrected chi connectivity index (χ3v) is 8.91. The zero-order chi connectivity index (χ0) is 23.0. The van der Waals surface area contributed by atoms with Crippen molar-refractivity contribution in [1.29, 1.82) is 0 Å². The Bertz CT molecular complexity index is 1300. The summed E-state index contributed by atoms with van der Waals surface area (Å²) >= 11 is 6.01. The lowest BCUT2D eigenvalue weighted by molar-refractivity contribution is -0.131. The van der Waals surface area contributed by atoms with E-state index in [0.29, 0.717) is 24.0 Å². The van der Waals surface area contributed by atoms with Crippen LogP contribution >= 0.6 is 24.0 Å². The summed E-state index contributed by atoms with van der Waals surface area (Å²) in [6.45, 7) is 2.36. The van der Waals surface area contributed by atoms with Crippen molar-refractivity contribution in [3.05, 3.63) is 59.1 Å². The number of piperidine rings is 1. The number of hydrogen-bond acceptors (Lipinski definition) is 4. The Morgan fingerprint density at radius 3 is 2.56 bits per heavy atom. The van der Waals surface area contributed by atoms with Crippen molar-refractivity contribution in [2.24, 2.45) is 0 Å². The average molecular weight is 522 g/mol. The number of carbonyl (C=O) groups is 1. The van der Waals surface area contributed by atoms with Gasteiger partial charge in [0.05, 0.1) is 10.6 Å². The zero-order valence-corrected chi connectivity index (χ0v) is 21.3. The molecule has 2 aromatic carbocycles. The topological polar surface area (TPSA) is 72.3 Å². The van der Waals surface area contributed by atoms with Gasteiger partial charge >= 0.3 is 0 Å². The number of nitrogens with zero attached hydrogens (tertiary/aromatic N) is 3.